The molecule has 0 radical (unpaired) electrons. The van der Waals surface area contributed by atoms with E-state index in [0.717, 1.165) is 17.0 Å². The number of pyridine rings is 1. The van der Waals surface area contributed by atoms with E-state index in [1.165, 1.54) is 11.1 Å². The van der Waals surface area contributed by atoms with Gasteiger partial charge < -0.3 is 15.4 Å². The van der Waals surface area contributed by atoms with Crippen LogP contribution >= 0.6 is 0 Å². The van der Waals surface area contributed by atoms with E-state index in [0.29, 0.717) is 28.5 Å². The maximum absolute atomic E-state index is 12.5. The van der Waals surface area contributed by atoms with E-state index in [1.54, 1.807) is 48.8 Å². The van der Waals surface area contributed by atoms with Crippen molar-refractivity contribution in [2.24, 2.45) is 5.29 Å². The second-order valence-electron chi connectivity index (χ2n) is 8.63. The molecule has 0 aliphatic rings. The van der Waals surface area contributed by atoms with E-state index in [2.05, 4.69) is 20.9 Å². The zero-order valence-electron chi connectivity index (χ0n) is 21.3. The molecule has 5 aromatic rings. The summed E-state index contributed by atoms with van der Waals surface area (Å²) in [7, 11) is 0. The summed E-state index contributed by atoms with van der Waals surface area (Å²) < 4.78 is 5.86. The van der Waals surface area contributed by atoms with Crippen LogP contribution < -0.4 is 20.4 Å². The molecule has 196 valence electrons. The van der Waals surface area contributed by atoms with E-state index in [1.807, 2.05) is 84.9 Å². The molecule has 1 amide bonds. The van der Waals surface area contributed by atoms with Crippen LogP contribution in [0.2, 0.25) is 0 Å². The lowest BCUT2D eigenvalue weighted by molar-refractivity contribution is -0.111. The molecule has 40 heavy (non-hydrogen) atoms. The molecule has 0 aliphatic carbocycles. The number of nitrogens with zero attached hydrogens (tertiary/aromatic N) is 3. The third-order valence-corrected chi connectivity index (χ3v) is 5.81. The van der Waals surface area contributed by atoms with Crippen LogP contribution in [0.1, 0.15) is 5.56 Å². The number of hydrogen-bond acceptors (Lipinski definition) is 6. The van der Waals surface area contributed by atoms with E-state index in [-0.39, 0.29) is 5.91 Å². The number of para-hydroxylation sites is 1. The van der Waals surface area contributed by atoms with E-state index >= 15 is 0 Å². The Kier molecular flexibility index (Phi) is 8.19. The monoisotopic (exact) mass is 527 g/mol. The summed E-state index contributed by atoms with van der Waals surface area (Å²) in [6.07, 6.45) is 6.38. The molecule has 5 rings (SSSR count). The van der Waals surface area contributed by atoms with Crippen molar-refractivity contribution in [3.05, 3.63) is 144 Å². The molecule has 8 heteroatoms. The number of benzene rings is 4. The maximum Gasteiger partial charge on any atom is 0.248 e. The minimum Gasteiger partial charge on any atom is -0.457 e. The Morgan fingerprint density at radius 1 is 0.800 bits per heavy atom. The number of anilines is 5. The molecule has 8 nitrogen and oxygen atoms in total. The van der Waals surface area contributed by atoms with E-state index in [4.69, 9.17) is 4.74 Å². The Morgan fingerprint density at radius 3 is 2.27 bits per heavy atom. The van der Waals surface area contributed by atoms with Crippen molar-refractivity contribution in [2.75, 3.05) is 15.6 Å². The van der Waals surface area contributed by atoms with Crippen molar-refractivity contribution in [3.8, 4) is 11.5 Å². The number of nitroso groups, excluding NO2 is 1. The van der Waals surface area contributed by atoms with Crippen LogP contribution in [0.25, 0.3) is 6.08 Å². The zero-order valence-corrected chi connectivity index (χ0v) is 21.3. The second-order valence-corrected chi connectivity index (χ2v) is 8.63. The lowest BCUT2D eigenvalue weighted by atomic mass is 10.2. The van der Waals surface area contributed by atoms with Crippen molar-refractivity contribution in [1.82, 2.24) is 4.98 Å². The summed E-state index contributed by atoms with van der Waals surface area (Å²) in [6.45, 7) is 0. The normalized spacial score (nSPS) is 10.6. The van der Waals surface area contributed by atoms with Crippen molar-refractivity contribution in [1.29, 1.82) is 0 Å². The average molecular weight is 528 g/mol. The molecule has 0 bridgehead atoms. The van der Waals surface area contributed by atoms with Crippen LogP contribution in [0.15, 0.2) is 139 Å². The minimum atomic E-state index is -0.294. The molecule has 4 aromatic carbocycles. The standard InChI is InChI=1S/C32H25N5O3/c38-32(19-14-24-8-3-1-4-9-24)35-26-10-7-11-27(22-26)37(36-39)31-20-21-33-23-30(31)34-25-15-17-29(18-16-25)40-28-12-5-2-6-13-28/h1-23,34H,(H,35,38)/b19-14+. The first-order valence-corrected chi connectivity index (χ1v) is 12.5. The number of ether oxygens (including phenoxy) is 1. The van der Waals surface area contributed by atoms with E-state index < -0.39 is 0 Å². The molecule has 0 fully saturated rings. The van der Waals surface area contributed by atoms with Gasteiger partial charge in [0.1, 0.15) is 11.5 Å². The summed E-state index contributed by atoms with van der Waals surface area (Å²) in [4.78, 5) is 28.7. The molecule has 1 heterocycles. The summed E-state index contributed by atoms with van der Waals surface area (Å²) in [6, 6.07) is 35.1. The van der Waals surface area contributed by atoms with Gasteiger partial charge in [0.05, 0.1) is 28.5 Å². The third kappa shape index (κ3) is 6.76. The van der Waals surface area contributed by atoms with Crippen molar-refractivity contribution < 1.29 is 9.53 Å². The van der Waals surface area contributed by atoms with Crippen LogP contribution in [0.5, 0.6) is 11.5 Å². The number of carbonyl (C=O) groups excluding carboxylic acids is 1. The fraction of sp³-hybridized carbons (Fsp3) is 0. The number of carbonyl (C=O) groups is 1. The Hall–Kier alpha value is -5.76. The van der Waals surface area contributed by atoms with Gasteiger partial charge in [-0.1, -0.05) is 54.6 Å². The first-order chi connectivity index (χ1) is 19.7. The van der Waals surface area contributed by atoms with Crippen LogP contribution in [0.4, 0.5) is 28.4 Å². The molecule has 0 saturated carbocycles. The summed E-state index contributed by atoms with van der Waals surface area (Å²) in [5.74, 6) is 1.14. The largest absolute Gasteiger partial charge is 0.457 e. The molecule has 0 saturated heterocycles. The third-order valence-electron chi connectivity index (χ3n) is 5.81. The molecule has 1 aromatic heterocycles. The molecule has 0 unspecified atom stereocenters. The average Bonchev–Trinajstić information content (AvgIpc) is 3.00. The predicted octanol–water partition coefficient (Wildman–Crippen LogP) is 8.09. The van der Waals surface area contributed by atoms with Gasteiger partial charge in [-0.2, -0.15) is 5.01 Å². The first kappa shape index (κ1) is 25.9. The Morgan fingerprint density at radius 2 is 1.52 bits per heavy atom. The highest BCUT2D eigenvalue weighted by atomic mass is 16.5. The number of hydrogen-bond donors (Lipinski definition) is 2. The van der Waals surface area contributed by atoms with Crippen LogP contribution in [-0.4, -0.2) is 10.9 Å². The molecular weight excluding hydrogens is 502 g/mol. The van der Waals surface area contributed by atoms with E-state index in [9.17, 15) is 9.70 Å². The smallest absolute Gasteiger partial charge is 0.248 e. The topological polar surface area (TPSA) is 95.9 Å². The number of amides is 1. The molecule has 2 N–H and O–H groups in total. The lowest BCUT2D eigenvalue weighted by Gasteiger charge is -2.20. The number of nitrogens with one attached hydrogen (secondary N) is 2. The molecular formula is C32H25N5O3. The summed E-state index contributed by atoms with van der Waals surface area (Å²) in [5.41, 5.74) is 3.73. The zero-order chi connectivity index (χ0) is 27.6. The van der Waals surface area contributed by atoms with Gasteiger partial charge in [-0.05, 0) is 72.3 Å². The van der Waals surface area contributed by atoms with Crippen LogP contribution in [0.3, 0.4) is 0 Å². The summed E-state index contributed by atoms with van der Waals surface area (Å²) >= 11 is 0. The van der Waals surface area contributed by atoms with Gasteiger partial charge >= 0.3 is 0 Å². The molecule has 0 aliphatic heterocycles. The van der Waals surface area contributed by atoms with Gasteiger partial charge in [0.2, 0.25) is 5.91 Å². The van der Waals surface area contributed by atoms with Gasteiger partial charge in [0.25, 0.3) is 0 Å². The highest BCUT2D eigenvalue weighted by Gasteiger charge is 2.16. The highest BCUT2D eigenvalue weighted by molar-refractivity contribution is 6.02. The van der Waals surface area contributed by atoms with Gasteiger partial charge in [-0.15, -0.1) is 4.91 Å². The van der Waals surface area contributed by atoms with Crippen molar-refractivity contribution in [3.63, 3.8) is 0 Å². The Balaban J connectivity index is 1.30. The Labute approximate surface area is 231 Å². The van der Waals surface area contributed by atoms with Gasteiger partial charge in [0.15, 0.2) is 0 Å². The van der Waals surface area contributed by atoms with Crippen molar-refractivity contribution >= 4 is 40.4 Å². The van der Waals surface area contributed by atoms with Gasteiger partial charge in [-0.25, -0.2) is 0 Å². The second kappa shape index (κ2) is 12.7. The SMILES string of the molecule is O=NN(c1cccc(NC(=O)/C=C/c2ccccc2)c1)c1ccncc1Nc1ccc(Oc2ccccc2)cc1. The Bertz CT molecular complexity index is 1610. The molecule has 0 atom stereocenters. The van der Waals surface area contributed by atoms with Crippen LogP contribution in [-0.2, 0) is 4.79 Å². The first-order valence-electron chi connectivity index (χ1n) is 12.5. The molecule has 0 spiro atoms. The van der Waals surface area contributed by atoms with Gasteiger partial charge in [-0.3, -0.25) is 9.78 Å². The van der Waals surface area contributed by atoms with Crippen molar-refractivity contribution in [2.45, 2.75) is 0 Å². The minimum absolute atomic E-state index is 0.294. The fourth-order valence-electron chi connectivity index (χ4n) is 3.92. The maximum atomic E-state index is 12.5. The number of rotatable bonds is 10. The highest BCUT2D eigenvalue weighted by Crippen LogP contribution is 2.35. The lowest BCUT2D eigenvalue weighted by Crippen LogP contribution is -2.12. The predicted molar refractivity (Wildman–Crippen MR) is 159 cm³/mol. The number of aromatic nitrogens is 1. The van der Waals surface area contributed by atoms with Crippen LogP contribution in [0, 0.1) is 4.91 Å². The summed E-state index contributed by atoms with van der Waals surface area (Å²) in [5, 5.41) is 10.6. The van der Waals surface area contributed by atoms with Gasteiger partial charge in [0, 0.05) is 23.6 Å². The fourth-order valence-corrected chi connectivity index (χ4v) is 3.92. The quantitative estimate of drug-likeness (QED) is 0.108.